The maximum atomic E-state index is 11.9. The average Bonchev–Trinajstić information content (AvgIpc) is 2.58. The Balaban J connectivity index is 2.38. The van der Waals surface area contributed by atoms with Gasteiger partial charge in [0.15, 0.2) is 9.84 Å². The van der Waals surface area contributed by atoms with Gasteiger partial charge >= 0.3 is 0 Å². The van der Waals surface area contributed by atoms with Crippen LogP contribution in [0.2, 0.25) is 0 Å². The lowest BCUT2D eigenvalue weighted by Crippen LogP contribution is -2.26. The van der Waals surface area contributed by atoms with Crippen LogP contribution in [-0.2, 0) is 9.84 Å². The molecule has 1 aliphatic heterocycles. The summed E-state index contributed by atoms with van der Waals surface area (Å²) in [6.45, 7) is 2.22. The smallest absolute Gasteiger partial charge is 0.255 e. The van der Waals surface area contributed by atoms with Crippen LogP contribution in [0.4, 0.5) is 0 Å². The Labute approximate surface area is 117 Å². The van der Waals surface area contributed by atoms with Crippen molar-refractivity contribution in [3.63, 3.8) is 0 Å². The van der Waals surface area contributed by atoms with Crippen LogP contribution < -0.4 is 10.1 Å². The molecule has 0 spiro atoms. The quantitative estimate of drug-likeness (QED) is 0.836. The van der Waals surface area contributed by atoms with Gasteiger partial charge in [-0.3, -0.25) is 4.79 Å². The zero-order valence-corrected chi connectivity index (χ0v) is 12.1. The van der Waals surface area contributed by atoms with Gasteiger partial charge in [-0.15, -0.1) is 0 Å². The fraction of sp³-hybridized carbons (Fsp3) is 0.462. The lowest BCUT2D eigenvalue weighted by molar-refractivity contribution is 0.0957. The van der Waals surface area contributed by atoms with Crippen molar-refractivity contribution in [2.75, 3.05) is 19.4 Å². The monoisotopic (exact) mass is 299 g/mol. The summed E-state index contributed by atoms with van der Waals surface area (Å²) < 4.78 is 28.4. The second-order valence-corrected chi connectivity index (χ2v) is 7.24. The standard InChI is InChI=1S/C13H17NO5S/c1-8(20(2,17)18)12(15)9-3-4-11-10(7-9)13(16)14-5-6-19-11/h3-4,7-8,12,15H,5-6H2,1-2H3,(H,14,16). The Morgan fingerprint density at radius 2 is 2.10 bits per heavy atom. The molecule has 0 aliphatic carbocycles. The van der Waals surface area contributed by atoms with Crippen molar-refractivity contribution in [1.82, 2.24) is 5.32 Å². The van der Waals surface area contributed by atoms with Gasteiger partial charge in [-0.05, 0) is 24.6 Å². The molecule has 1 amide bonds. The predicted molar refractivity (Wildman–Crippen MR) is 73.5 cm³/mol. The first-order valence-electron chi connectivity index (χ1n) is 6.22. The van der Waals surface area contributed by atoms with Crippen LogP contribution in [0.3, 0.4) is 0 Å². The maximum Gasteiger partial charge on any atom is 0.255 e. The van der Waals surface area contributed by atoms with Crippen molar-refractivity contribution in [2.45, 2.75) is 18.3 Å². The SMILES string of the molecule is CC(C(O)c1ccc2c(c1)C(=O)NCCO2)S(C)(=O)=O. The predicted octanol–water partition coefficient (Wildman–Crippen LogP) is 0.275. The maximum absolute atomic E-state index is 11.9. The van der Waals surface area contributed by atoms with Crippen LogP contribution in [0.15, 0.2) is 18.2 Å². The largest absolute Gasteiger partial charge is 0.491 e. The molecule has 2 unspecified atom stereocenters. The molecular formula is C13H17NO5S. The normalized spacial score (nSPS) is 18.2. The van der Waals surface area contributed by atoms with E-state index in [2.05, 4.69) is 5.32 Å². The van der Waals surface area contributed by atoms with E-state index in [1.54, 1.807) is 12.1 Å². The number of hydrogen-bond acceptors (Lipinski definition) is 5. The van der Waals surface area contributed by atoms with E-state index in [0.717, 1.165) is 6.26 Å². The third kappa shape index (κ3) is 2.94. The van der Waals surface area contributed by atoms with Gasteiger partial charge in [0.05, 0.1) is 23.5 Å². The molecule has 0 aromatic heterocycles. The molecule has 1 aromatic rings. The van der Waals surface area contributed by atoms with Crippen molar-refractivity contribution in [3.8, 4) is 5.75 Å². The van der Waals surface area contributed by atoms with Crippen LogP contribution >= 0.6 is 0 Å². The number of aliphatic hydroxyl groups is 1. The minimum Gasteiger partial charge on any atom is -0.491 e. The van der Waals surface area contributed by atoms with Gasteiger partial charge in [-0.2, -0.15) is 0 Å². The van der Waals surface area contributed by atoms with Gasteiger partial charge in [0.25, 0.3) is 5.91 Å². The fourth-order valence-corrected chi connectivity index (χ4v) is 2.59. The highest BCUT2D eigenvalue weighted by molar-refractivity contribution is 7.91. The minimum absolute atomic E-state index is 0.293. The van der Waals surface area contributed by atoms with E-state index in [1.165, 1.54) is 13.0 Å². The third-order valence-electron chi connectivity index (χ3n) is 3.35. The van der Waals surface area contributed by atoms with Gasteiger partial charge in [0, 0.05) is 6.26 Å². The molecule has 1 aromatic carbocycles. The number of rotatable bonds is 3. The number of carbonyl (C=O) groups is 1. The molecule has 0 fully saturated rings. The molecule has 0 saturated carbocycles. The van der Waals surface area contributed by atoms with Crippen molar-refractivity contribution in [2.24, 2.45) is 0 Å². The van der Waals surface area contributed by atoms with Crippen molar-refractivity contribution < 1.29 is 23.1 Å². The van der Waals surface area contributed by atoms with E-state index >= 15 is 0 Å². The molecule has 1 heterocycles. The van der Waals surface area contributed by atoms with Crippen LogP contribution in [0, 0.1) is 0 Å². The van der Waals surface area contributed by atoms with Crippen LogP contribution in [0.5, 0.6) is 5.75 Å². The van der Waals surface area contributed by atoms with Gasteiger partial charge < -0.3 is 15.2 Å². The summed E-state index contributed by atoms with van der Waals surface area (Å²) in [5.74, 6) is 0.140. The van der Waals surface area contributed by atoms with Crippen LogP contribution in [-0.4, -0.2) is 44.1 Å². The summed E-state index contributed by atoms with van der Waals surface area (Å²) in [5, 5.41) is 11.8. The number of hydrogen-bond donors (Lipinski definition) is 2. The number of aliphatic hydroxyl groups excluding tert-OH is 1. The highest BCUT2D eigenvalue weighted by Crippen LogP contribution is 2.28. The first-order valence-corrected chi connectivity index (χ1v) is 8.18. The molecule has 6 nitrogen and oxygen atoms in total. The number of benzene rings is 1. The topological polar surface area (TPSA) is 92.7 Å². The molecular weight excluding hydrogens is 282 g/mol. The molecule has 0 radical (unpaired) electrons. The van der Waals surface area contributed by atoms with Gasteiger partial charge in [-0.1, -0.05) is 6.07 Å². The van der Waals surface area contributed by atoms with E-state index < -0.39 is 21.2 Å². The van der Waals surface area contributed by atoms with E-state index in [-0.39, 0.29) is 5.91 Å². The zero-order valence-electron chi connectivity index (χ0n) is 11.3. The Morgan fingerprint density at radius 3 is 2.75 bits per heavy atom. The molecule has 2 rings (SSSR count). The summed E-state index contributed by atoms with van der Waals surface area (Å²) in [7, 11) is -3.37. The van der Waals surface area contributed by atoms with Crippen molar-refractivity contribution in [3.05, 3.63) is 29.3 Å². The van der Waals surface area contributed by atoms with Crippen LogP contribution in [0.1, 0.15) is 28.9 Å². The number of amides is 1. The highest BCUT2D eigenvalue weighted by atomic mass is 32.2. The summed E-state index contributed by atoms with van der Waals surface area (Å²) in [4.78, 5) is 11.9. The van der Waals surface area contributed by atoms with E-state index in [9.17, 15) is 18.3 Å². The number of nitrogens with one attached hydrogen (secondary N) is 1. The number of ether oxygens (including phenoxy) is 1. The van der Waals surface area contributed by atoms with E-state index in [4.69, 9.17) is 4.74 Å². The third-order valence-corrected chi connectivity index (χ3v) is 4.96. The average molecular weight is 299 g/mol. The summed E-state index contributed by atoms with van der Waals surface area (Å²) >= 11 is 0. The van der Waals surface area contributed by atoms with E-state index in [1.807, 2.05) is 0 Å². The second kappa shape index (κ2) is 5.41. The molecule has 1 aliphatic rings. The Hall–Kier alpha value is -1.60. The van der Waals surface area contributed by atoms with Crippen LogP contribution in [0.25, 0.3) is 0 Å². The molecule has 0 saturated heterocycles. The molecule has 110 valence electrons. The van der Waals surface area contributed by atoms with Crippen molar-refractivity contribution >= 4 is 15.7 Å². The summed E-state index contributed by atoms with van der Waals surface area (Å²) in [6, 6.07) is 4.62. The van der Waals surface area contributed by atoms with Gasteiger partial charge in [0.2, 0.25) is 0 Å². The second-order valence-electron chi connectivity index (χ2n) is 4.84. The molecule has 20 heavy (non-hydrogen) atoms. The number of fused-ring (bicyclic) bond motifs is 1. The minimum atomic E-state index is -3.37. The zero-order chi connectivity index (χ0) is 14.9. The highest BCUT2D eigenvalue weighted by Gasteiger charge is 2.27. The Bertz CT molecular complexity index is 626. The first kappa shape index (κ1) is 14.8. The van der Waals surface area contributed by atoms with E-state index in [0.29, 0.717) is 30.0 Å². The lowest BCUT2D eigenvalue weighted by atomic mass is 10.0. The van der Waals surface area contributed by atoms with Gasteiger partial charge in [0.1, 0.15) is 12.4 Å². The summed E-state index contributed by atoms with van der Waals surface area (Å²) in [5.41, 5.74) is 0.682. The Kier molecular flexibility index (Phi) is 4.01. The fourth-order valence-electron chi connectivity index (χ4n) is 1.96. The molecule has 2 N–H and O–H groups in total. The molecule has 0 bridgehead atoms. The Morgan fingerprint density at radius 1 is 1.40 bits per heavy atom. The van der Waals surface area contributed by atoms with Gasteiger partial charge in [-0.25, -0.2) is 8.42 Å². The lowest BCUT2D eigenvalue weighted by Gasteiger charge is -2.18. The first-order chi connectivity index (χ1) is 9.30. The number of carbonyl (C=O) groups excluding carboxylic acids is 1. The molecule has 7 heteroatoms. The summed E-state index contributed by atoms with van der Waals surface area (Å²) in [6.07, 6.45) is -0.119. The number of sulfone groups is 1. The van der Waals surface area contributed by atoms with Crippen molar-refractivity contribution in [1.29, 1.82) is 0 Å². The molecule has 2 atom stereocenters.